The van der Waals surface area contributed by atoms with Crippen LogP contribution in [0.15, 0.2) is 18.2 Å². The van der Waals surface area contributed by atoms with Gasteiger partial charge in [-0.2, -0.15) is 0 Å². The van der Waals surface area contributed by atoms with E-state index in [1.165, 1.54) is 27.4 Å². The van der Waals surface area contributed by atoms with Crippen LogP contribution in [0.25, 0.3) is 0 Å². The molecule has 25 heavy (non-hydrogen) atoms. The van der Waals surface area contributed by atoms with E-state index >= 15 is 0 Å². The lowest BCUT2D eigenvalue weighted by Crippen LogP contribution is -2.24. The molecule has 0 fully saturated rings. The van der Waals surface area contributed by atoms with Crippen LogP contribution in [0, 0.1) is 6.92 Å². The fraction of sp³-hybridized carbons (Fsp3) is 0.263. The van der Waals surface area contributed by atoms with E-state index in [-0.39, 0.29) is 51.9 Å². The van der Waals surface area contributed by atoms with Crippen LogP contribution in [0.5, 0.6) is 17.2 Å². The maximum Gasteiger partial charge on any atom is 0.202 e. The molecule has 130 valence electrons. The number of aliphatic hydroxyl groups excluding tert-OH is 1. The first kappa shape index (κ1) is 17.0. The molecule has 2 aromatic carbocycles. The van der Waals surface area contributed by atoms with Crippen molar-refractivity contribution in [1.82, 2.24) is 0 Å². The Kier molecular flexibility index (Phi) is 4.22. The van der Waals surface area contributed by atoms with Crippen LogP contribution in [0.1, 0.15) is 43.0 Å². The first-order valence-corrected chi connectivity index (χ1v) is 7.65. The Balaban J connectivity index is 2.38. The molecule has 1 N–H and O–H groups in total. The molecular formula is C19H18O6. The van der Waals surface area contributed by atoms with E-state index in [4.69, 9.17) is 14.2 Å². The molecule has 1 aliphatic carbocycles. The highest BCUT2D eigenvalue weighted by molar-refractivity contribution is 6.30. The van der Waals surface area contributed by atoms with Gasteiger partial charge in [-0.3, -0.25) is 9.59 Å². The lowest BCUT2D eigenvalue weighted by Gasteiger charge is -2.24. The van der Waals surface area contributed by atoms with Crippen LogP contribution in [-0.2, 0) is 6.61 Å². The summed E-state index contributed by atoms with van der Waals surface area (Å²) in [6.45, 7) is 1.46. The summed E-state index contributed by atoms with van der Waals surface area (Å²) in [5.74, 6) is 0.213. The van der Waals surface area contributed by atoms with Gasteiger partial charge in [-0.25, -0.2) is 0 Å². The molecule has 0 aliphatic heterocycles. The Morgan fingerprint density at radius 2 is 1.56 bits per heavy atom. The molecule has 2 aromatic rings. The zero-order valence-electron chi connectivity index (χ0n) is 14.4. The first-order chi connectivity index (χ1) is 12.0. The van der Waals surface area contributed by atoms with Crippen LogP contribution in [0.3, 0.4) is 0 Å². The third-order valence-corrected chi connectivity index (χ3v) is 4.44. The number of hydrogen-bond acceptors (Lipinski definition) is 6. The average Bonchev–Trinajstić information content (AvgIpc) is 2.63. The van der Waals surface area contributed by atoms with Crippen LogP contribution in [0.4, 0.5) is 0 Å². The normalized spacial score (nSPS) is 12.5. The summed E-state index contributed by atoms with van der Waals surface area (Å²) in [5.41, 5.74) is 1.96. The third kappa shape index (κ3) is 2.37. The monoisotopic (exact) mass is 342 g/mol. The predicted molar refractivity (Wildman–Crippen MR) is 90.1 cm³/mol. The highest BCUT2D eigenvalue weighted by Crippen LogP contribution is 2.41. The number of carbonyl (C=O) groups excluding carboxylic acids is 2. The highest BCUT2D eigenvalue weighted by atomic mass is 16.5. The molecule has 0 atom stereocenters. The van der Waals surface area contributed by atoms with Gasteiger partial charge in [0.25, 0.3) is 0 Å². The third-order valence-electron chi connectivity index (χ3n) is 4.44. The standard InChI is InChI=1S/C19H18O6/c1-9-5-11-16(19(25-4)13(9)8-20)18(22)15-12(17(11)21)6-10(23-2)7-14(15)24-3/h5-7,20H,8H2,1-4H3. The largest absolute Gasteiger partial charge is 0.497 e. The van der Waals surface area contributed by atoms with Gasteiger partial charge >= 0.3 is 0 Å². The molecule has 0 amide bonds. The van der Waals surface area contributed by atoms with Crippen molar-refractivity contribution >= 4 is 11.6 Å². The molecule has 0 radical (unpaired) electrons. The maximum atomic E-state index is 13.2. The van der Waals surface area contributed by atoms with E-state index in [1.54, 1.807) is 19.1 Å². The van der Waals surface area contributed by atoms with E-state index in [0.29, 0.717) is 16.9 Å². The molecular weight excluding hydrogens is 324 g/mol. The number of methoxy groups -OCH3 is 3. The zero-order chi connectivity index (χ0) is 18.3. The minimum absolute atomic E-state index is 0.151. The molecule has 1 aliphatic rings. The Labute approximate surface area is 144 Å². The van der Waals surface area contributed by atoms with Gasteiger partial charge in [0.2, 0.25) is 5.78 Å². The van der Waals surface area contributed by atoms with Crippen molar-refractivity contribution in [3.63, 3.8) is 0 Å². The van der Waals surface area contributed by atoms with E-state index in [2.05, 4.69) is 0 Å². The summed E-state index contributed by atoms with van der Waals surface area (Å²) in [6, 6.07) is 4.70. The van der Waals surface area contributed by atoms with Gasteiger partial charge in [0.05, 0.1) is 39.1 Å². The van der Waals surface area contributed by atoms with Gasteiger partial charge in [0.1, 0.15) is 17.2 Å². The van der Waals surface area contributed by atoms with Crippen molar-refractivity contribution in [2.75, 3.05) is 21.3 Å². The minimum Gasteiger partial charge on any atom is -0.497 e. The fourth-order valence-electron chi connectivity index (χ4n) is 3.21. The second kappa shape index (κ2) is 6.22. The quantitative estimate of drug-likeness (QED) is 0.783. The molecule has 0 saturated heterocycles. The van der Waals surface area contributed by atoms with Gasteiger partial charge in [-0.15, -0.1) is 0 Å². The molecule has 0 bridgehead atoms. The SMILES string of the molecule is COc1cc(OC)c2c(c1)C(=O)c1cc(C)c(CO)c(OC)c1C2=O. The lowest BCUT2D eigenvalue weighted by molar-refractivity contribution is 0.0973. The average molecular weight is 342 g/mol. The molecule has 6 heteroatoms. The number of carbonyl (C=O) groups is 2. The Morgan fingerprint density at radius 1 is 0.880 bits per heavy atom. The summed E-state index contributed by atoms with van der Waals surface area (Å²) in [4.78, 5) is 26.2. The van der Waals surface area contributed by atoms with Gasteiger partial charge in [0.15, 0.2) is 5.78 Å². The number of hydrogen-bond donors (Lipinski definition) is 1. The molecule has 3 rings (SSSR count). The van der Waals surface area contributed by atoms with Crippen molar-refractivity contribution in [3.8, 4) is 17.2 Å². The van der Waals surface area contributed by atoms with E-state index in [9.17, 15) is 14.7 Å². The number of benzene rings is 2. The summed E-state index contributed by atoms with van der Waals surface area (Å²) < 4.78 is 15.9. The fourth-order valence-corrected chi connectivity index (χ4v) is 3.21. The van der Waals surface area contributed by atoms with Crippen molar-refractivity contribution in [2.24, 2.45) is 0 Å². The van der Waals surface area contributed by atoms with Crippen molar-refractivity contribution in [3.05, 3.63) is 51.6 Å². The molecule has 0 saturated carbocycles. The van der Waals surface area contributed by atoms with Crippen LogP contribution < -0.4 is 14.2 Å². The topological polar surface area (TPSA) is 82.1 Å². The number of aliphatic hydroxyl groups is 1. The Morgan fingerprint density at radius 3 is 2.12 bits per heavy atom. The summed E-state index contributed by atoms with van der Waals surface area (Å²) >= 11 is 0. The molecule has 0 heterocycles. The second-order valence-corrected chi connectivity index (χ2v) is 5.70. The number of aryl methyl sites for hydroxylation is 1. The van der Waals surface area contributed by atoms with E-state index < -0.39 is 0 Å². The minimum atomic E-state index is -0.379. The van der Waals surface area contributed by atoms with Crippen LogP contribution >= 0.6 is 0 Å². The van der Waals surface area contributed by atoms with Gasteiger partial charge in [-0.1, -0.05) is 0 Å². The second-order valence-electron chi connectivity index (χ2n) is 5.70. The number of rotatable bonds is 4. The molecule has 0 unspecified atom stereocenters. The Bertz CT molecular complexity index is 898. The summed E-state index contributed by atoms with van der Waals surface area (Å²) in [6.07, 6.45) is 0. The molecule has 6 nitrogen and oxygen atoms in total. The predicted octanol–water partition coefficient (Wildman–Crippen LogP) is 2.29. The Hall–Kier alpha value is -2.86. The number of fused-ring (bicyclic) bond motifs is 2. The van der Waals surface area contributed by atoms with Crippen molar-refractivity contribution < 1.29 is 28.9 Å². The smallest absolute Gasteiger partial charge is 0.202 e. The molecule has 0 aromatic heterocycles. The first-order valence-electron chi connectivity index (χ1n) is 7.65. The molecule has 0 spiro atoms. The summed E-state index contributed by atoms with van der Waals surface area (Å²) in [7, 11) is 4.31. The van der Waals surface area contributed by atoms with Crippen molar-refractivity contribution in [2.45, 2.75) is 13.5 Å². The lowest BCUT2D eigenvalue weighted by atomic mass is 9.81. The van der Waals surface area contributed by atoms with E-state index in [0.717, 1.165) is 0 Å². The van der Waals surface area contributed by atoms with Gasteiger partial charge in [-0.05, 0) is 24.6 Å². The van der Waals surface area contributed by atoms with Crippen molar-refractivity contribution in [1.29, 1.82) is 0 Å². The highest BCUT2D eigenvalue weighted by Gasteiger charge is 2.37. The summed E-state index contributed by atoms with van der Waals surface area (Å²) in [5, 5.41) is 9.63. The number of ether oxygens (including phenoxy) is 3. The van der Waals surface area contributed by atoms with Gasteiger partial charge in [0, 0.05) is 22.8 Å². The van der Waals surface area contributed by atoms with Crippen LogP contribution in [-0.4, -0.2) is 38.0 Å². The zero-order valence-corrected chi connectivity index (χ0v) is 14.4. The van der Waals surface area contributed by atoms with Crippen LogP contribution in [0.2, 0.25) is 0 Å². The van der Waals surface area contributed by atoms with Gasteiger partial charge < -0.3 is 19.3 Å². The number of ketones is 2. The van der Waals surface area contributed by atoms with E-state index in [1.807, 2.05) is 0 Å². The maximum absolute atomic E-state index is 13.2.